The highest BCUT2D eigenvalue weighted by atomic mass is 32.2. The summed E-state index contributed by atoms with van der Waals surface area (Å²) in [6, 6.07) is 16.0. The number of thioether (sulfide) groups is 1. The van der Waals surface area contributed by atoms with Gasteiger partial charge in [-0.3, -0.25) is 9.59 Å². The molecule has 0 radical (unpaired) electrons. The molecule has 1 saturated heterocycles. The average Bonchev–Trinajstić information content (AvgIpc) is 3.27. The van der Waals surface area contributed by atoms with Crippen molar-refractivity contribution in [2.75, 3.05) is 24.2 Å². The Bertz CT molecular complexity index is 1120. The van der Waals surface area contributed by atoms with Gasteiger partial charge < -0.3 is 14.8 Å². The number of amides is 2. The van der Waals surface area contributed by atoms with E-state index in [0.717, 1.165) is 32.4 Å². The van der Waals surface area contributed by atoms with Crippen LogP contribution in [0.3, 0.4) is 0 Å². The molecule has 34 heavy (non-hydrogen) atoms. The number of benzene rings is 2. The Morgan fingerprint density at radius 1 is 1.12 bits per heavy atom. The Morgan fingerprint density at radius 2 is 1.88 bits per heavy atom. The van der Waals surface area contributed by atoms with E-state index in [2.05, 4.69) is 46.7 Å². The van der Waals surface area contributed by atoms with Crippen LogP contribution in [0.15, 0.2) is 60.0 Å². The van der Waals surface area contributed by atoms with Crippen LogP contribution in [0, 0.1) is 12.8 Å². The van der Waals surface area contributed by atoms with Crippen molar-refractivity contribution in [3.63, 3.8) is 0 Å². The smallest absolute Gasteiger partial charge is 0.253 e. The molecule has 0 aliphatic carbocycles. The van der Waals surface area contributed by atoms with Gasteiger partial charge in [0.1, 0.15) is 6.33 Å². The van der Waals surface area contributed by atoms with Crippen molar-refractivity contribution in [1.29, 1.82) is 0 Å². The lowest BCUT2D eigenvalue weighted by atomic mass is 9.90. The first-order valence-corrected chi connectivity index (χ1v) is 12.7. The summed E-state index contributed by atoms with van der Waals surface area (Å²) in [6.07, 6.45) is 5.93. The van der Waals surface area contributed by atoms with Crippen LogP contribution in [-0.2, 0) is 18.3 Å². The molecule has 2 aromatic carbocycles. The van der Waals surface area contributed by atoms with Crippen LogP contribution < -0.4 is 5.32 Å². The van der Waals surface area contributed by atoms with Gasteiger partial charge >= 0.3 is 0 Å². The van der Waals surface area contributed by atoms with Gasteiger partial charge in [0.2, 0.25) is 5.91 Å². The van der Waals surface area contributed by atoms with E-state index >= 15 is 0 Å². The van der Waals surface area contributed by atoms with Gasteiger partial charge in [0.15, 0.2) is 5.16 Å². The molecule has 3 aromatic rings. The van der Waals surface area contributed by atoms with E-state index in [1.165, 1.54) is 29.3 Å². The molecule has 2 amide bonds. The zero-order chi connectivity index (χ0) is 23.9. The molecule has 4 rings (SSSR count). The number of nitrogens with one attached hydrogen (secondary N) is 1. The maximum atomic E-state index is 13.1. The number of carbonyl (C=O) groups excluding carboxylic acids is 2. The van der Waals surface area contributed by atoms with Crippen LogP contribution in [0.1, 0.15) is 40.7 Å². The van der Waals surface area contributed by atoms with Crippen LogP contribution >= 0.6 is 11.8 Å². The van der Waals surface area contributed by atoms with Gasteiger partial charge in [0, 0.05) is 31.4 Å². The van der Waals surface area contributed by atoms with E-state index in [9.17, 15) is 9.59 Å². The van der Waals surface area contributed by atoms with Gasteiger partial charge in [0.25, 0.3) is 5.91 Å². The largest absolute Gasteiger partial charge is 0.339 e. The molecule has 1 aromatic heterocycles. The molecule has 7 nitrogen and oxygen atoms in total. The Morgan fingerprint density at radius 3 is 2.59 bits per heavy atom. The highest BCUT2D eigenvalue weighted by Gasteiger charge is 2.23. The molecule has 1 aliphatic heterocycles. The van der Waals surface area contributed by atoms with Gasteiger partial charge in [-0.15, -0.1) is 10.2 Å². The number of likely N-dealkylation sites (tertiary alicyclic amines) is 1. The molecule has 178 valence electrons. The van der Waals surface area contributed by atoms with Crippen LogP contribution in [0.2, 0.25) is 0 Å². The van der Waals surface area contributed by atoms with Crippen molar-refractivity contribution < 1.29 is 9.59 Å². The third kappa shape index (κ3) is 6.47. The molecule has 2 heterocycles. The molecule has 0 unspecified atom stereocenters. The highest BCUT2D eigenvalue weighted by molar-refractivity contribution is 7.99. The van der Waals surface area contributed by atoms with Crippen LogP contribution in [0.5, 0.6) is 0 Å². The van der Waals surface area contributed by atoms with E-state index in [0.29, 0.717) is 22.3 Å². The van der Waals surface area contributed by atoms with Gasteiger partial charge in [-0.05, 0) is 62.3 Å². The van der Waals surface area contributed by atoms with E-state index in [-0.39, 0.29) is 17.6 Å². The number of aromatic nitrogens is 3. The fourth-order valence-electron chi connectivity index (χ4n) is 4.19. The number of aryl methyl sites for hydroxylation is 3. The number of carbonyl (C=O) groups is 2. The summed E-state index contributed by atoms with van der Waals surface area (Å²) in [5, 5.41) is 11.3. The molecule has 1 aliphatic rings. The fraction of sp³-hybridized carbons (Fsp3) is 0.385. The Balaban J connectivity index is 1.24. The second kappa shape index (κ2) is 11.3. The average molecular weight is 478 g/mol. The molecule has 0 atom stereocenters. The van der Waals surface area contributed by atoms with Crippen LogP contribution in [0.4, 0.5) is 5.69 Å². The van der Waals surface area contributed by atoms with Crippen molar-refractivity contribution in [3.05, 3.63) is 71.5 Å². The molecule has 0 bridgehead atoms. The maximum absolute atomic E-state index is 13.1. The first kappa shape index (κ1) is 24.0. The summed E-state index contributed by atoms with van der Waals surface area (Å²) >= 11 is 1.32. The third-order valence-corrected chi connectivity index (χ3v) is 7.29. The number of nitrogens with zero attached hydrogens (tertiary/aromatic N) is 4. The first-order valence-electron chi connectivity index (χ1n) is 11.7. The molecule has 0 spiro atoms. The number of anilines is 1. The number of hydrogen-bond donors (Lipinski definition) is 1. The van der Waals surface area contributed by atoms with Gasteiger partial charge in [0.05, 0.1) is 5.75 Å². The lowest BCUT2D eigenvalue weighted by Gasteiger charge is -2.32. The SMILES string of the molecule is Cc1ccc(CCC2CCN(C(=O)c3cccc(NC(=O)CSc4nncn4C)c3)CC2)cc1. The Hall–Kier alpha value is -3.13. The van der Waals surface area contributed by atoms with Crippen LogP contribution in [0.25, 0.3) is 0 Å². The normalized spacial score (nSPS) is 14.2. The summed E-state index contributed by atoms with van der Waals surface area (Å²) in [7, 11) is 1.84. The Labute approximate surface area is 205 Å². The minimum Gasteiger partial charge on any atom is -0.339 e. The Kier molecular flexibility index (Phi) is 8.00. The first-order chi connectivity index (χ1) is 16.5. The van der Waals surface area contributed by atoms with Crippen molar-refractivity contribution in [2.45, 2.75) is 37.8 Å². The monoisotopic (exact) mass is 477 g/mol. The number of piperidine rings is 1. The number of hydrogen-bond acceptors (Lipinski definition) is 5. The van der Waals surface area contributed by atoms with E-state index in [1.807, 2.05) is 24.1 Å². The predicted octanol–water partition coefficient (Wildman–Crippen LogP) is 4.34. The number of rotatable bonds is 8. The minimum absolute atomic E-state index is 0.0292. The van der Waals surface area contributed by atoms with Crippen LogP contribution in [-0.4, -0.2) is 50.3 Å². The van der Waals surface area contributed by atoms with E-state index in [4.69, 9.17) is 0 Å². The summed E-state index contributed by atoms with van der Waals surface area (Å²) < 4.78 is 1.77. The van der Waals surface area contributed by atoms with Gasteiger partial charge in [-0.25, -0.2) is 0 Å². The summed E-state index contributed by atoms with van der Waals surface area (Å²) in [6.45, 7) is 3.67. The van der Waals surface area contributed by atoms with Gasteiger partial charge in [-0.2, -0.15) is 0 Å². The highest BCUT2D eigenvalue weighted by Crippen LogP contribution is 2.24. The van der Waals surface area contributed by atoms with Crippen molar-refractivity contribution in [2.24, 2.45) is 13.0 Å². The van der Waals surface area contributed by atoms with Crippen molar-refractivity contribution in [1.82, 2.24) is 19.7 Å². The summed E-state index contributed by atoms with van der Waals surface area (Å²) in [4.78, 5) is 27.3. The summed E-state index contributed by atoms with van der Waals surface area (Å²) in [5.74, 6) is 0.761. The molecular weight excluding hydrogens is 446 g/mol. The molecular formula is C26H31N5O2S. The third-order valence-electron chi connectivity index (χ3n) is 6.26. The zero-order valence-corrected chi connectivity index (χ0v) is 20.6. The zero-order valence-electron chi connectivity index (χ0n) is 19.7. The topological polar surface area (TPSA) is 80.1 Å². The minimum atomic E-state index is -0.146. The van der Waals surface area contributed by atoms with Crippen molar-refractivity contribution in [3.8, 4) is 0 Å². The molecule has 1 fully saturated rings. The summed E-state index contributed by atoms with van der Waals surface area (Å²) in [5.41, 5.74) is 3.91. The lowest BCUT2D eigenvalue weighted by Crippen LogP contribution is -2.38. The fourth-order valence-corrected chi connectivity index (χ4v) is 4.88. The standard InChI is InChI=1S/C26H31N5O2S/c1-19-6-8-20(9-7-19)10-11-21-12-14-31(15-13-21)25(33)22-4-3-5-23(16-22)28-24(32)17-34-26-29-27-18-30(26)2/h3-9,16,18,21H,10-15,17H2,1-2H3,(H,28,32). The predicted molar refractivity (Wildman–Crippen MR) is 135 cm³/mol. The van der Waals surface area contributed by atoms with E-state index < -0.39 is 0 Å². The van der Waals surface area contributed by atoms with Crippen molar-refractivity contribution >= 4 is 29.3 Å². The maximum Gasteiger partial charge on any atom is 0.253 e. The molecule has 0 saturated carbocycles. The second-order valence-electron chi connectivity index (χ2n) is 8.90. The van der Waals surface area contributed by atoms with E-state index in [1.54, 1.807) is 23.0 Å². The second-order valence-corrected chi connectivity index (χ2v) is 9.84. The molecule has 8 heteroatoms. The van der Waals surface area contributed by atoms with Gasteiger partial charge in [-0.1, -0.05) is 47.7 Å². The quantitative estimate of drug-likeness (QED) is 0.488. The molecule has 1 N–H and O–H groups in total. The lowest BCUT2D eigenvalue weighted by molar-refractivity contribution is -0.113.